The van der Waals surface area contributed by atoms with Gasteiger partial charge < -0.3 is 10.5 Å². The van der Waals surface area contributed by atoms with E-state index in [0.29, 0.717) is 17.1 Å². The lowest BCUT2D eigenvalue weighted by atomic mass is 10.0. The van der Waals surface area contributed by atoms with Gasteiger partial charge in [-0.25, -0.2) is 4.39 Å². The van der Waals surface area contributed by atoms with Crippen molar-refractivity contribution in [2.75, 3.05) is 12.8 Å². The van der Waals surface area contributed by atoms with Gasteiger partial charge in [0.2, 0.25) is 0 Å². The number of nitrogen functional groups attached to an aromatic ring is 1. The number of pyridine rings is 1. The van der Waals surface area contributed by atoms with Crippen molar-refractivity contribution in [3.63, 3.8) is 0 Å². The van der Waals surface area contributed by atoms with E-state index >= 15 is 0 Å². The summed E-state index contributed by atoms with van der Waals surface area (Å²) >= 11 is 0. The molecule has 100 valence electrons. The molecule has 1 aliphatic carbocycles. The minimum Gasteiger partial charge on any atom is -0.494 e. The number of ether oxygens (including phenoxy) is 1. The molecular weight excluding hydrogens is 243 g/mol. The van der Waals surface area contributed by atoms with Gasteiger partial charge in [0, 0.05) is 28.8 Å². The Morgan fingerprint density at radius 3 is 2.68 bits per heavy atom. The van der Waals surface area contributed by atoms with Crippen molar-refractivity contribution >= 4 is 16.6 Å². The molecule has 1 saturated carbocycles. The number of fused-ring (bicyclic) bond motifs is 1. The molecule has 3 rings (SSSR count). The Labute approximate surface area is 111 Å². The minimum absolute atomic E-state index is 0.203. The highest BCUT2D eigenvalue weighted by Crippen LogP contribution is 2.36. The quantitative estimate of drug-likeness (QED) is 0.897. The number of benzene rings is 1. The zero-order valence-electron chi connectivity index (χ0n) is 10.9. The predicted octanol–water partition coefficient (Wildman–Crippen LogP) is 3.62. The van der Waals surface area contributed by atoms with Crippen LogP contribution >= 0.6 is 0 Å². The van der Waals surface area contributed by atoms with E-state index in [0.717, 1.165) is 23.9 Å². The molecule has 2 N–H and O–H groups in total. The highest BCUT2D eigenvalue weighted by atomic mass is 19.1. The van der Waals surface area contributed by atoms with Crippen LogP contribution in [-0.2, 0) is 0 Å². The van der Waals surface area contributed by atoms with Crippen molar-refractivity contribution in [1.82, 2.24) is 4.98 Å². The summed E-state index contributed by atoms with van der Waals surface area (Å²) in [5.41, 5.74) is 8.33. The number of nitrogens with two attached hydrogens (primary N) is 1. The first kappa shape index (κ1) is 12.2. The van der Waals surface area contributed by atoms with Crippen LogP contribution in [0.2, 0.25) is 0 Å². The summed E-state index contributed by atoms with van der Waals surface area (Å²) in [5.74, 6) is 0.275. The molecule has 1 aromatic heterocycles. The number of nitrogens with zero attached hydrogens (tertiary/aromatic N) is 1. The minimum atomic E-state index is -0.398. The molecule has 0 unspecified atom stereocenters. The average Bonchev–Trinajstić information content (AvgIpc) is 2.91. The Bertz CT molecular complexity index is 621. The Morgan fingerprint density at radius 1 is 1.26 bits per heavy atom. The van der Waals surface area contributed by atoms with Crippen molar-refractivity contribution in [1.29, 1.82) is 0 Å². The normalized spacial score (nSPS) is 16.1. The van der Waals surface area contributed by atoms with Gasteiger partial charge in [-0.2, -0.15) is 0 Å². The second kappa shape index (κ2) is 4.68. The summed E-state index contributed by atoms with van der Waals surface area (Å²) in [6, 6.07) is 4.95. The molecule has 2 aromatic rings. The summed E-state index contributed by atoms with van der Waals surface area (Å²) in [5, 5.41) is 0.750. The number of anilines is 1. The van der Waals surface area contributed by atoms with Crippen LogP contribution in [-0.4, -0.2) is 12.1 Å². The second-order valence-corrected chi connectivity index (χ2v) is 5.12. The van der Waals surface area contributed by atoms with E-state index in [-0.39, 0.29) is 5.75 Å². The third kappa shape index (κ3) is 2.11. The van der Waals surface area contributed by atoms with E-state index in [2.05, 4.69) is 4.98 Å². The summed E-state index contributed by atoms with van der Waals surface area (Å²) in [4.78, 5) is 4.58. The van der Waals surface area contributed by atoms with Crippen molar-refractivity contribution in [2.24, 2.45) is 0 Å². The molecule has 0 amide bonds. The molecular formula is C15H17FN2O. The van der Waals surface area contributed by atoms with E-state index < -0.39 is 5.82 Å². The number of hydrogen-bond donors (Lipinski definition) is 1. The first-order valence-electron chi connectivity index (χ1n) is 6.62. The topological polar surface area (TPSA) is 48.1 Å². The largest absolute Gasteiger partial charge is 0.494 e. The molecule has 3 nitrogen and oxygen atoms in total. The van der Waals surface area contributed by atoms with E-state index in [1.807, 2.05) is 6.07 Å². The van der Waals surface area contributed by atoms with Crippen molar-refractivity contribution in [2.45, 2.75) is 31.6 Å². The molecule has 0 aliphatic heterocycles. The number of rotatable bonds is 2. The monoisotopic (exact) mass is 260 g/mol. The maximum absolute atomic E-state index is 13.8. The molecule has 19 heavy (non-hydrogen) atoms. The summed E-state index contributed by atoms with van der Waals surface area (Å²) in [7, 11) is 1.45. The van der Waals surface area contributed by atoms with Crippen molar-refractivity contribution in [3.8, 4) is 5.75 Å². The van der Waals surface area contributed by atoms with Gasteiger partial charge in [0.25, 0.3) is 0 Å². The molecule has 0 bridgehead atoms. The standard InChI is InChI=1S/C15H17FN2O/c1-19-15-6-10-12(17)8-13(9-4-2-3-5-9)18-14(10)7-11(15)16/h6-9H,2-5H2,1H3,(H2,17,18). The van der Waals surface area contributed by atoms with Crippen LogP contribution in [0.25, 0.3) is 10.9 Å². The fraction of sp³-hybridized carbons (Fsp3) is 0.400. The maximum atomic E-state index is 13.8. The third-order valence-corrected chi connectivity index (χ3v) is 3.91. The Kier molecular flexibility index (Phi) is 3.01. The number of halogens is 1. The van der Waals surface area contributed by atoms with E-state index in [9.17, 15) is 4.39 Å². The lowest BCUT2D eigenvalue weighted by Gasteiger charge is -2.12. The van der Waals surface area contributed by atoms with Gasteiger partial charge in [0.1, 0.15) is 0 Å². The number of hydrogen-bond acceptors (Lipinski definition) is 3. The van der Waals surface area contributed by atoms with Gasteiger partial charge in [-0.1, -0.05) is 12.8 Å². The molecule has 1 fully saturated rings. The first-order chi connectivity index (χ1) is 9.19. The van der Waals surface area contributed by atoms with Crippen LogP contribution in [0.3, 0.4) is 0 Å². The van der Waals surface area contributed by atoms with Crippen LogP contribution in [0, 0.1) is 5.82 Å². The van der Waals surface area contributed by atoms with Crippen molar-refractivity contribution < 1.29 is 9.13 Å². The second-order valence-electron chi connectivity index (χ2n) is 5.12. The fourth-order valence-electron chi connectivity index (χ4n) is 2.86. The highest BCUT2D eigenvalue weighted by Gasteiger charge is 2.20. The number of aromatic nitrogens is 1. The van der Waals surface area contributed by atoms with E-state index in [4.69, 9.17) is 10.5 Å². The summed E-state index contributed by atoms with van der Waals surface area (Å²) < 4.78 is 18.7. The van der Waals surface area contributed by atoms with Gasteiger partial charge >= 0.3 is 0 Å². The molecule has 1 aromatic carbocycles. The zero-order valence-corrected chi connectivity index (χ0v) is 10.9. The SMILES string of the molecule is COc1cc2c(N)cc(C3CCCC3)nc2cc1F. The van der Waals surface area contributed by atoms with Crippen LogP contribution < -0.4 is 10.5 Å². The highest BCUT2D eigenvalue weighted by molar-refractivity contribution is 5.91. The predicted molar refractivity (Wildman–Crippen MR) is 73.9 cm³/mol. The number of methoxy groups -OCH3 is 1. The molecule has 1 aliphatic rings. The molecule has 0 radical (unpaired) electrons. The first-order valence-corrected chi connectivity index (χ1v) is 6.62. The van der Waals surface area contributed by atoms with Gasteiger partial charge in [-0.15, -0.1) is 0 Å². The molecule has 4 heteroatoms. The Hall–Kier alpha value is -1.84. The summed E-state index contributed by atoms with van der Waals surface area (Å²) in [6.07, 6.45) is 4.77. The molecule has 1 heterocycles. The third-order valence-electron chi connectivity index (χ3n) is 3.91. The molecule has 0 spiro atoms. The van der Waals surface area contributed by atoms with E-state index in [1.54, 1.807) is 6.07 Å². The average molecular weight is 260 g/mol. The smallest absolute Gasteiger partial charge is 0.167 e. The van der Waals surface area contributed by atoms with Crippen LogP contribution in [0.15, 0.2) is 18.2 Å². The van der Waals surface area contributed by atoms with Gasteiger partial charge in [-0.3, -0.25) is 4.98 Å². The molecule has 0 atom stereocenters. The van der Waals surface area contributed by atoms with Gasteiger partial charge in [-0.05, 0) is 25.0 Å². The lowest BCUT2D eigenvalue weighted by molar-refractivity contribution is 0.387. The van der Waals surface area contributed by atoms with Crippen LogP contribution in [0.1, 0.15) is 37.3 Å². The Balaban J connectivity index is 2.14. The summed E-state index contributed by atoms with van der Waals surface area (Å²) in [6.45, 7) is 0. The Morgan fingerprint density at radius 2 is 2.00 bits per heavy atom. The fourth-order valence-corrected chi connectivity index (χ4v) is 2.86. The van der Waals surface area contributed by atoms with Gasteiger partial charge in [0.05, 0.1) is 12.6 Å². The maximum Gasteiger partial charge on any atom is 0.167 e. The van der Waals surface area contributed by atoms with Gasteiger partial charge in [0.15, 0.2) is 11.6 Å². The van der Waals surface area contributed by atoms with E-state index in [1.165, 1.54) is 26.0 Å². The molecule has 0 saturated heterocycles. The lowest BCUT2D eigenvalue weighted by Crippen LogP contribution is -2.01. The van der Waals surface area contributed by atoms with Crippen LogP contribution in [0.4, 0.5) is 10.1 Å². The van der Waals surface area contributed by atoms with Crippen molar-refractivity contribution in [3.05, 3.63) is 29.7 Å². The zero-order chi connectivity index (χ0) is 13.4. The van der Waals surface area contributed by atoms with Crippen LogP contribution in [0.5, 0.6) is 5.75 Å².